The molecule has 1 aliphatic rings. The maximum atomic E-state index is 12.3. The van der Waals surface area contributed by atoms with E-state index < -0.39 is 5.92 Å². The topological polar surface area (TPSA) is 64.4 Å². The van der Waals surface area contributed by atoms with Gasteiger partial charge in [-0.2, -0.15) is 0 Å². The Morgan fingerprint density at radius 2 is 2.00 bits per heavy atom. The van der Waals surface area contributed by atoms with Crippen LogP contribution in [0.4, 0.5) is 0 Å². The summed E-state index contributed by atoms with van der Waals surface area (Å²) in [6.07, 6.45) is 1.98. The molecule has 0 spiro atoms. The fraction of sp³-hybridized carbons (Fsp3) is 0.467. The van der Waals surface area contributed by atoms with Crippen molar-refractivity contribution in [3.8, 4) is 0 Å². The molecule has 1 saturated heterocycles. The molecule has 20 heavy (non-hydrogen) atoms. The van der Waals surface area contributed by atoms with Crippen molar-refractivity contribution in [2.24, 2.45) is 11.7 Å². The summed E-state index contributed by atoms with van der Waals surface area (Å²) in [5.74, 6) is -0.184. The summed E-state index contributed by atoms with van der Waals surface area (Å²) in [4.78, 5) is 12.5. The van der Waals surface area contributed by atoms with Crippen LogP contribution in [0.3, 0.4) is 0 Å². The number of hydrogen-bond acceptors (Lipinski definition) is 3. The van der Waals surface area contributed by atoms with Gasteiger partial charge in [-0.05, 0) is 24.3 Å². The van der Waals surface area contributed by atoms with Crippen LogP contribution < -0.4 is 11.1 Å². The van der Waals surface area contributed by atoms with E-state index in [1.807, 2.05) is 30.3 Å². The van der Waals surface area contributed by atoms with Gasteiger partial charge in [0.1, 0.15) is 5.92 Å². The smallest absolute Gasteiger partial charge is 0.234 e. The number of hydrogen-bond donors (Lipinski definition) is 2. The van der Waals surface area contributed by atoms with E-state index in [0.29, 0.717) is 12.5 Å². The minimum atomic E-state index is -0.550. The molecule has 0 aliphatic carbocycles. The highest BCUT2D eigenvalue weighted by Gasteiger charge is 2.24. The van der Waals surface area contributed by atoms with Crippen molar-refractivity contribution in [1.29, 1.82) is 0 Å². The number of amides is 1. The van der Waals surface area contributed by atoms with Gasteiger partial charge >= 0.3 is 0 Å². The molecule has 1 unspecified atom stereocenters. The van der Waals surface area contributed by atoms with Crippen LogP contribution in [-0.2, 0) is 9.53 Å². The molecule has 1 amide bonds. The Morgan fingerprint density at radius 1 is 1.35 bits per heavy atom. The molecule has 0 saturated carbocycles. The standard InChI is InChI=1S/C15H20N2O2S/c16-14(20)13(12-4-2-1-3-5-12)15(18)17-10-11-6-8-19-9-7-11/h1-5,11,13H,6-10H2,(H2,16,20)(H,17,18). The summed E-state index contributed by atoms with van der Waals surface area (Å²) in [6, 6.07) is 9.41. The van der Waals surface area contributed by atoms with Crippen LogP contribution in [-0.4, -0.2) is 30.7 Å². The molecule has 1 atom stereocenters. The lowest BCUT2D eigenvalue weighted by atomic mass is 9.96. The van der Waals surface area contributed by atoms with Gasteiger partial charge < -0.3 is 15.8 Å². The molecule has 0 radical (unpaired) electrons. The van der Waals surface area contributed by atoms with E-state index in [2.05, 4.69) is 5.32 Å². The first kappa shape index (κ1) is 14.9. The lowest BCUT2D eigenvalue weighted by Gasteiger charge is -2.23. The second-order valence-corrected chi connectivity index (χ2v) is 5.52. The van der Waals surface area contributed by atoms with E-state index in [1.165, 1.54) is 0 Å². The average molecular weight is 292 g/mol. The maximum Gasteiger partial charge on any atom is 0.234 e. The van der Waals surface area contributed by atoms with E-state index in [4.69, 9.17) is 22.7 Å². The zero-order valence-corrected chi connectivity index (χ0v) is 12.2. The van der Waals surface area contributed by atoms with Gasteiger partial charge in [0.05, 0.1) is 4.99 Å². The van der Waals surface area contributed by atoms with Crippen molar-refractivity contribution in [2.45, 2.75) is 18.8 Å². The van der Waals surface area contributed by atoms with Crippen LogP contribution in [0.2, 0.25) is 0 Å². The Bertz CT molecular complexity index is 458. The second kappa shape index (κ2) is 7.36. The Hall–Kier alpha value is -1.46. The monoisotopic (exact) mass is 292 g/mol. The number of benzene rings is 1. The average Bonchev–Trinajstić information content (AvgIpc) is 2.47. The number of nitrogens with two attached hydrogens (primary N) is 1. The van der Waals surface area contributed by atoms with Gasteiger partial charge in [0, 0.05) is 19.8 Å². The zero-order valence-electron chi connectivity index (χ0n) is 11.4. The molecule has 1 aromatic carbocycles. The first-order valence-corrected chi connectivity index (χ1v) is 7.29. The number of nitrogens with one attached hydrogen (secondary N) is 1. The molecule has 108 valence electrons. The van der Waals surface area contributed by atoms with Gasteiger partial charge in [0.15, 0.2) is 0 Å². The maximum absolute atomic E-state index is 12.3. The Balaban J connectivity index is 1.95. The van der Waals surface area contributed by atoms with Crippen LogP contribution in [0.1, 0.15) is 24.3 Å². The van der Waals surface area contributed by atoms with Gasteiger partial charge in [-0.1, -0.05) is 42.5 Å². The Labute approximate surface area is 124 Å². The van der Waals surface area contributed by atoms with E-state index in [9.17, 15) is 4.79 Å². The molecule has 0 aromatic heterocycles. The summed E-state index contributed by atoms with van der Waals surface area (Å²) < 4.78 is 5.31. The molecule has 4 nitrogen and oxygen atoms in total. The number of carbonyl (C=O) groups excluding carboxylic acids is 1. The highest BCUT2D eigenvalue weighted by atomic mass is 32.1. The molecule has 1 heterocycles. The summed E-state index contributed by atoms with van der Waals surface area (Å²) in [5, 5.41) is 2.97. The van der Waals surface area contributed by atoms with Gasteiger partial charge in [-0.25, -0.2) is 0 Å². The fourth-order valence-corrected chi connectivity index (χ4v) is 2.63. The molecule has 5 heteroatoms. The SMILES string of the molecule is NC(=S)C(C(=O)NCC1CCOCC1)c1ccccc1. The minimum Gasteiger partial charge on any atom is -0.392 e. The van der Waals surface area contributed by atoms with Crippen molar-refractivity contribution in [3.63, 3.8) is 0 Å². The van der Waals surface area contributed by atoms with Crippen LogP contribution in [0.5, 0.6) is 0 Å². The van der Waals surface area contributed by atoms with E-state index in [1.54, 1.807) is 0 Å². The number of thiocarbonyl (C=S) groups is 1. The van der Waals surface area contributed by atoms with Gasteiger partial charge in [0.2, 0.25) is 5.91 Å². The Morgan fingerprint density at radius 3 is 2.60 bits per heavy atom. The number of rotatable bonds is 5. The van der Waals surface area contributed by atoms with Crippen molar-refractivity contribution in [2.75, 3.05) is 19.8 Å². The summed E-state index contributed by atoms with van der Waals surface area (Å²) >= 11 is 5.04. The van der Waals surface area contributed by atoms with E-state index in [0.717, 1.165) is 31.6 Å². The molecule has 2 rings (SSSR count). The highest BCUT2D eigenvalue weighted by molar-refractivity contribution is 7.80. The third-order valence-corrected chi connectivity index (χ3v) is 3.82. The normalized spacial score (nSPS) is 17.4. The number of carbonyl (C=O) groups is 1. The zero-order chi connectivity index (χ0) is 14.4. The van der Waals surface area contributed by atoms with Gasteiger partial charge in [-0.3, -0.25) is 4.79 Å². The lowest BCUT2D eigenvalue weighted by Crippen LogP contribution is -2.39. The largest absolute Gasteiger partial charge is 0.392 e. The molecule has 0 bridgehead atoms. The molecule has 1 aliphatic heterocycles. The molecular formula is C15H20N2O2S. The fourth-order valence-electron chi connectivity index (χ4n) is 2.39. The molecular weight excluding hydrogens is 272 g/mol. The predicted molar refractivity (Wildman–Crippen MR) is 82.5 cm³/mol. The van der Waals surface area contributed by atoms with Crippen molar-refractivity contribution in [1.82, 2.24) is 5.32 Å². The van der Waals surface area contributed by atoms with Crippen LogP contribution in [0.15, 0.2) is 30.3 Å². The summed E-state index contributed by atoms with van der Waals surface area (Å²) in [6.45, 7) is 2.21. The first-order chi connectivity index (χ1) is 9.68. The van der Waals surface area contributed by atoms with Crippen molar-refractivity contribution in [3.05, 3.63) is 35.9 Å². The third kappa shape index (κ3) is 4.02. The van der Waals surface area contributed by atoms with Crippen LogP contribution in [0, 0.1) is 5.92 Å². The van der Waals surface area contributed by atoms with E-state index >= 15 is 0 Å². The molecule has 3 N–H and O–H groups in total. The van der Waals surface area contributed by atoms with Crippen molar-refractivity contribution >= 4 is 23.1 Å². The molecule has 1 fully saturated rings. The van der Waals surface area contributed by atoms with Gasteiger partial charge in [0.25, 0.3) is 0 Å². The third-order valence-electron chi connectivity index (χ3n) is 3.59. The molecule has 1 aromatic rings. The lowest BCUT2D eigenvalue weighted by molar-refractivity contribution is -0.121. The predicted octanol–water partition coefficient (Wildman–Crippen LogP) is 1.60. The highest BCUT2D eigenvalue weighted by Crippen LogP contribution is 2.18. The summed E-state index contributed by atoms with van der Waals surface area (Å²) in [5.41, 5.74) is 6.57. The van der Waals surface area contributed by atoms with E-state index in [-0.39, 0.29) is 10.9 Å². The Kier molecular flexibility index (Phi) is 5.49. The van der Waals surface area contributed by atoms with Crippen LogP contribution >= 0.6 is 12.2 Å². The summed E-state index contributed by atoms with van der Waals surface area (Å²) in [7, 11) is 0. The second-order valence-electron chi connectivity index (χ2n) is 5.05. The quantitative estimate of drug-likeness (QED) is 0.809. The minimum absolute atomic E-state index is 0.116. The first-order valence-electron chi connectivity index (χ1n) is 6.88. The van der Waals surface area contributed by atoms with Gasteiger partial charge in [-0.15, -0.1) is 0 Å². The number of ether oxygens (including phenoxy) is 1. The van der Waals surface area contributed by atoms with Crippen LogP contribution in [0.25, 0.3) is 0 Å². The van der Waals surface area contributed by atoms with Crippen molar-refractivity contribution < 1.29 is 9.53 Å².